The van der Waals surface area contributed by atoms with E-state index in [1.165, 1.54) is 0 Å². The van der Waals surface area contributed by atoms with E-state index in [1.807, 2.05) is 12.1 Å². The average molecular weight is 497 g/mol. The molecule has 128 valence electrons. The second kappa shape index (κ2) is 8.04. The molecule has 1 aromatic rings. The summed E-state index contributed by atoms with van der Waals surface area (Å²) in [5, 5.41) is 2.60. The number of benzene rings is 1. The van der Waals surface area contributed by atoms with Gasteiger partial charge in [0.15, 0.2) is 11.5 Å². The number of alkyl carbamates (subject to hydrolysis) is 1. The van der Waals surface area contributed by atoms with Crippen LogP contribution in [0.2, 0.25) is 0 Å². The fourth-order valence-electron chi connectivity index (χ4n) is 1.82. The minimum absolute atomic E-state index is 0.0451. The van der Waals surface area contributed by atoms with Crippen LogP contribution >= 0.6 is 57.4 Å². The van der Waals surface area contributed by atoms with Gasteiger partial charge in [-0.05, 0) is 17.7 Å². The van der Waals surface area contributed by atoms with Crippen molar-refractivity contribution in [2.45, 2.75) is 7.72 Å². The van der Waals surface area contributed by atoms with E-state index in [1.54, 1.807) is 7.11 Å². The van der Waals surface area contributed by atoms with E-state index < -0.39 is 9.89 Å². The molecule has 1 aromatic carbocycles. The molecule has 2 rings (SSSR count). The molecule has 0 saturated heterocycles. The lowest BCUT2D eigenvalue weighted by molar-refractivity contribution is 0.148. The molecule has 1 heterocycles. The highest BCUT2D eigenvalue weighted by Crippen LogP contribution is 2.44. The van der Waals surface area contributed by atoms with Gasteiger partial charge in [-0.3, -0.25) is 0 Å². The van der Waals surface area contributed by atoms with Gasteiger partial charge in [0, 0.05) is 6.54 Å². The number of ether oxygens (including phenoxy) is 4. The van der Waals surface area contributed by atoms with Crippen molar-refractivity contribution < 1.29 is 23.7 Å². The quantitative estimate of drug-likeness (QED) is 0.493. The maximum absolute atomic E-state index is 11.6. The zero-order valence-corrected chi connectivity index (χ0v) is 16.3. The van der Waals surface area contributed by atoms with Gasteiger partial charge in [0.25, 0.3) is 0 Å². The first-order valence-corrected chi connectivity index (χ1v) is 8.77. The molecular formula is C13H13Cl3INO5. The highest BCUT2D eigenvalue weighted by atomic mass is 127. The lowest BCUT2D eigenvalue weighted by atomic mass is 10.1. The molecule has 1 atom stereocenters. The number of fused-ring (bicyclic) bond motifs is 1. The van der Waals surface area contributed by atoms with Crippen molar-refractivity contribution in [1.82, 2.24) is 5.32 Å². The van der Waals surface area contributed by atoms with Crippen LogP contribution in [0.25, 0.3) is 0 Å². The fourth-order valence-corrected chi connectivity index (χ4v) is 2.56. The Labute approximate surface area is 161 Å². The molecule has 1 aliphatic heterocycles. The highest BCUT2D eigenvalue weighted by Gasteiger charge is 2.24. The Morgan fingerprint density at radius 2 is 2.17 bits per heavy atom. The first kappa shape index (κ1) is 18.8. The van der Waals surface area contributed by atoms with Gasteiger partial charge in [-0.2, -0.15) is 0 Å². The van der Waals surface area contributed by atoms with Gasteiger partial charge in [-0.1, -0.05) is 57.4 Å². The number of carbonyl (C=O) groups excluding carboxylic acids is 1. The van der Waals surface area contributed by atoms with Crippen molar-refractivity contribution in [3.8, 4) is 17.2 Å². The summed E-state index contributed by atoms with van der Waals surface area (Å²) in [6, 6.07) is 3.68. The monoisotopic (exact) mass is 495 g/mol. The molecule has 1 unspecified atom stereocenters. The van der Waals surface area contributed by atoms with Crippen LogP contribution < -0.4 is 19.5 Å². The molecule has 10 heteroatoms. The van der Waals surface area contributed by atoms with Crippen LogP contribution in [0.5, 0.6) is 17.2 Å². The van der Waals surface area contributed by atoms with Gasteiger partial charge in [0.05, 0.1) is 11.0 Å². The van der Waals surface area contributed by atoms with Gasteiger partial charge in [0.1, 0.15) is 6.61 Å². The normalized spacial score (nSPS) is 14.3. The minimum atomic E-state index is -1.63. The van der Waals surface area contributed by atoms with Crippen LogP contribution in [0, 0.1) is 0 Å². The molecule has 0 saturated carbocycles. The second-order valence-corrected chi connectivity index (χ2v) is 8.52. The Balaban J connectivity index is 1.93. The minimum Gasteiger partial charge on any atom is -0.493 e. The molecule has 0 aliphatic carbocycles. The summed E-state index contributed by atoms with van der Waals surface area (Å²) in [5.74, 6) is 1.77. The first-order valence-electron chi connectivity index (χ1n) is 6.39. The predicted octanol–water partition coefficient (Wildman–Crippen LogP) is 4.00. The van der Waals surface area contributed by atoms with E-state index in [4.69, 9.17) is 53.8 Å². The summed E-state index contributed by atoms with van der Waals surface area (Å²) in [7, 11) is 1.55. The third-order valence-electron chi connectivity index (χ3n) is 2.83. The second-order valence-electron chi connectivity index (χ2n) is 4.50. The molecule has 6 nitrogen and oxygen atoms in total. The summed E-state index contributed by atoms with van der Waals surface area (Å²) < 4.78 is 19.1. The lowest BCUT2D eigenvalue weighted by Gasteiger charge is -2.15. The van der Waals surface area contributed by atoms with Crippen LogP contribution in [0.4, 0.5) is 4.79 Å². The number of alkyl halides is 4. The summed E-state index contributed by atoms with van der Waals surface area (Å²) in [4.78, 5) is 11.6. The standard InChI is InChI=1S/C13H13Cl3INO5/c1-20-9-2-7(3-10-11(9)23-6-22-10)8(17)4-18-12(19)21-5-13(14,15)16/h2-3,8H,4-6H2,1H3,(H,18,19). The zero-order valence-electron chi connectivity index (χ0n) is 11.9. The van der Waals surface area contributed by atoms with Crippen molar-refractivity contribution in [3.05, 3.63) is 17.7 Å². The highest BCUT2D eigenvalue weighted by molar-refractivity contribution is 14.1. The fraction of sp³-hybridized carbons (Fsp3) is 0.462. The number of rotatable bonds is 5. The molecule has 0 aromatic heterocycles. The Morgan fingerprint density at radius 3 is 2.83 bits per heavy atom. The van der Waals surface area contributed by atoms with Gasteiger partial charge in [0.2, 0.25) is 16.3 Å². The lowest BCUT2D eigenvalue weighted by Crippen LogP contribution is -2.30. The number of nitrogens with one attached hydrogen (secondary N) is 1. The van der Waals surface area contributed by atoms with E-state index in [0.717, 1.165) is 5.56 Å². The van der Waals surface area contributed by atoms with E-state index >= 15 is 0 Å². The van der Waals surface area contributed by atoms with Gasteiger partial charge >= 0.3 is 6.09 Å². The van der Waals surface area contributed by atoms with Crippen molar-refractivity contribution in [3.63, 3.8) is 0 Å². The SMILES string of the molecule is COc1cc(C(I)CNC(=O)OCC(Cl)(Cl)Cl)cc2c1OCO2. The summed E-state index contributed by atoms with van der Waals surface area (Å²) in [6.07, 6.45) is -0.661. The smallest absolute Gasteiger partial charge is 0.407 e. The predicted molar refractivity (Wildman–Crippen MR) is 95.5 cm³/mol. The number of hydrogen-bond donors (Lipinski definition) is 1. The molecule has 1 N–H and O–H groups in total. The Morgan fingerprint density at radius 1 is 1.43 bits per heavy atom. The summed E-state index contributed by atoms with van der Waals surface area (Å²) in [6.45, 7) is 0.151. The zero-order chi connectivity index (χ0) is 17.0. The van der Waals surface area contributed by atoms with Gasteiger partial charge in [-0.15, -0.1) is 0 Å². The molecular weight excluding hydrogens is 483 g/mol. The number of hydrogen-bond acceptors (Lipinski definition) is 5. The summed E-state index contributed by atoms with van der Waals surface area (Å²) >= 11 is 18.7. The third kappa shape index (κ3) is 5.51. The van der Waals surface area contributed by atoms with E-state index in [-0.39, 0.29) is 17.3 Å². The van der Waals surface area contributed by atoms with Crippen LogP contribution in [0.15, 0.2) is 12.1 Å². The van der Waals surface area contributed by atoms with Crippen LogP contribution in [-0.2, 0) is 4.74 Å². The maximum Gasteiger partial charge on any atom is 0.407 e. The van der Waals surface area contributed by atoms with Crippen molar-refractivity contribution in [2.24, 2.45) is 0 Å². The molecule has 0 bridgehead atoms. The Kier molecular flexibility index (Phi) is 6.58. The Hall–Kier alpha value is -0.510. The third-order valence-corrected chi connectivity index (χ3v) is 4.32. The van der Waals surface area contributed by atoms with Crippen LogP contribution in [0.3, 0.4) is 0 Å². The van der Waals surface area contributed by atoms with Crippen molar-refractivity contribution in [1.29, 1.82) is 0 Å². The average Bonchev–Trinajstić information content (AvgIpc) is 2.97. The van der Waals surface area contributed by atoms with Crippen molar-refractivity contribution >= 4 is 63.5 Å². The summed E-state index contributed by atoms with van der Waals surface area (Å²) in [5.41, 5.74) is 0.911. The largest absolute Gasteiger partial charge is 0.493 e. The number of methoxy groups -OCH3 is 1. The molecule has 0 spiro atoms. The Bertz CT molecular complexity index is 581. The molecule has 1 amide bonds. The van der Waals surface area contributed by atoms with Crippen LogP contribution in [0.1, 0.15) is 9.49 Å². The van der Waals surface area contributed by atoms with Crippen molar-refractivity contribution in [2.75, 3.05) is 27.1 Å². The van der Waals surface area contributed by atoms with Crippen LogP contribution in [-0.4, -0.2) is 36.9 Å². The maximum atomic E-state index is 11.6. The topological polar surface area (TPSA) is 66.0 Å². The molecule has 0 fully saturated rings. The van der Waals surface area contributed by atoms with Gasteiger partial charge in [-0.25, -0.2) is 4.79 Å². The van der Waals surface area contributed by atoms with E-state index in [9.17, 15) is 4.79 Å². The molecule has 0 radical (unpaired) electrons. The number of halogens is 4. The molecule has 1 aliphatic rings. The number of amides is 1. The first-order chi connectivity index (χ1) is 10.8. The van der Waals surface area contributed by atoms with Gasteiger partial charge < -0.3 is 24.3 Å². The molecule has 23 heavy (non-hydrogen) atoms. The van der Waals surface area contributed by atoms with E-state index in [0.29, 0.717) is 23.8 Å². The van der Waals surface area contributed by atoms with E-state index in [2.05, 4.69) is 27.9 Å². The number of carbonyl (C=O) groups is 1.